The van der Waals surface area contributed by atoms with Gasteiger partial charge in [-0.2, -0.15) is 26.3 Å². The number of carbonyl (C=O) groups excluding carboxylic acids is 1. The molecule has 1 amide bonds. The zero-order chi connectivity index (χ0) is 111. The van der Waals surface area contributed by atoms with Crippen molar-refractivity contribution in [1.82, 2.24) is 5.32 Å². The van der Waals surface area contributed by atoms with Crippen LogP contribution in [0.3, 0.4) is 0 Å². The molecule has 0 bridgehead atoms. The summed E-state index contributed by atoms with van der Waals surface area (Å²) < 4.78 is 256. The fourth-order valence-corrected chi connectivity index (χ4v) is 24.9. The van der Waals surface area contributed by atoms with Crippen molar-refractivity contribution in [3.8, 4) is 11.5 Å². The molecule has 7 aromatic carbocycles. The third-order valence-corrected chi connectivity index (χ3v) is 32.0. The van der Waals surface area contributed by atoms with Crippen molar-refractivity contribution in [3.63, 3.8) is 0 Å². The first-order valence-electron chi connectivity index (χ1n) is 46.5. The van der Waals surface area contributed by atoms with E-state index >= 15 is 0 Å². The summed E-state index contributed by atoms with van der Waals surface area (Å²) >= 11 is 0. The number of carboxylic acid groups (broad SMARTS) is 4. The van der Waals surface area contributed by atoms with E-state index in [2.05, 4.69) is 5.32 Å². The SMILES string of the molecule is CC.CC.CC.CC.CC.CC.CC.CC(=O)NCC1=Cc2ccccc2C(S(C)(=O)=O)C1.CS(=O)(=O)C1CC(C(=O)O)=Cc2ccccc21.CS(=O)(=O)C1CC(CO)=Cc2ccccc21.CS(=O)(=O)C1C[C@H](CC(=O)O)Oc2ccccc21.CS(=O)(=O)C1C[C@H](CCC(=O)O)Oc2ccccc21.CS(=O)(=O)C1c2ccccc2C=C(C(=O)O)[C@H]1C(F)(F)F.CS(=O)(=O)C1c2ccccc2C=C(CO)[C@H]1C(F)(F)F. The number of rotatable bonds is 18. The molecule has 0 fully saturated rings. The lowest BCUT2D eigenvalue weighted by Crippen LogP contribution is -2.38. The van der Waals surface area contributed by atoms with Gasteiger partial charge in [-0.25, -0.2) is 68.5 Å². The summed E-state index contributed by atoms with van der Waals surface area (Å²) in [6, 6.07) is 47.4. The fraction of sp³-hybridized carbons (Fsp3) is 0.447. The lowest BCUT2D eigenvalue weighted by Gasteiger charge is -2.33. The van der Waals surface area contributed by atoms with Crippen LogP contribution < -0.4 is 14.8 Å². The molecule has 5 aliphatic carbocycles. The molecule has 14 rings (SSSR count). The molecule has 0 aromatic heterocycles. The summed E-state index contributed by atoms with van der Waals surface area (Å²) in [6.07, 6.45) is 5.72. The van der Waals surface area contributed by atoms with E-state index in [0.29, 0.717) is 77.8 Å². The van der Waals surface area contributed by atoms with Crippen LogP contribution in [0.5, 0.6) is 11.5 Å². The first-order chi connectivity index (χ1) is 67.2. The fourth-order valence-electron chi connectivity index (χ4n) is 16.0. The molecule has 0 spiro atoms. The van der Waals surface area contributed by atoms with Crippen LogP contribution in [0.1, 0.15) is 259 Å². The van der Waals surface area contributed by atoms with Gasteiger partial charge in [-0.3, -0.25) is 14.4 Å². The molecule has 0 saturated carbocycles. The number of alkyl halides is 6. The van der Waals surface area contributed by atoms with Crippen molar-refractivity contribution < 1.29 is 149 Å². The minimum Gasteiger partial charge on any atom is -0.490 e. The Morgan fingerprint density at radius 3 is 0.979 bits per heavy atom. The molecule has 7 aliphatic rings. The molecule has 2 heterocycles. The Balaban J connectivity index is 0.000000823. The molecule has 0 radical (unpaired) electrons. The van der Waals surface area contributed by atoms with Gasteiger partial charge in [-0.15, -0.1) is 0 Å². The van der Waals surface area contributed by atoms with Gasteiger partial charge >= 0.3 is 36.2 Å². The lowest BCUT2D eigenvalue weighted by atomic mass is 9.82. The standard InChI is InChI=1S/C14H17NO3S.C13H11F3O4S.C13H13F3O3S.C13H16O5S.C12H14O5S.C12H12O4S.C12H14O3S.7C2H6/c1-10(16)15-9-11-7-12-5-3-4-6-13(12)14(8-11)19(2,17)18;1-21(19,20)11-8-5-3-2-4-7(8)6-9(12(17)18)10(11)13(14,15)16;1-20(18,19)12-10-5-3-2-4-8(10)6-9(7-17)11(12)13(14,15)16;1-19(16,17)12-8-9(6-7-13(14)15)18-11-5-3-2-4-10(11)12;1-18(15,16)11-6-8(7-12(13)14)17-10-5-3-2-4-9(10)11;1-17(15,16)11-7-9(12(13)14)6-8-4-2-3-5-10(8)11;1-16(14,15)12-7-9(8-13)6-10-4-2-3-5-11(10)12;7*1-2/h3-7,14H,8-9H2,1-2H3,(H,15,16);2-6,10-11H,1H3,(H,17,18);2-6,11-12,17H,7H2,1H3;2-5,9,12H,6-8H2,1H3,(H,14,15);2-5,8,11H,6-7H2,1H3,(H,13,14);2-6,11H,7H2,1H3,(H,13,14);2-6,12-13H,7-8H2,1H3;7*1-2H3/t;10-,11?;11-,12?;9-,12?;8-,11?;;;;;;;;;/m.1101........./s1. The molecule has 7 N–H and O–H groups in total. The number of amides is 1. The highest BCUT2D eigenvalue weighted by Crippen LogP contribution is 2.52. The number of nitrogens with one attached hydrogen (secondary N) is 1. The zero-order valence-electron chi connectivity index (χ0n) is 85.1. The summed E-state index contributed by atoms with van der Waals surface area (Å²) in [5.74, 6) is -8.64. The van der Waals surface area contributed by atoms with E-state index in [4.69, 9.17) is 35.0 Å². The van der Waals surface area contributed by atoms with Gasteiger partial charge in [-0.05, 0) is 116 Å². The first kappa shape index (κ1) is 131. The second kappa shape index (κ2) is 59.8. The topological polar surface area (TPSA) is 476 Å². The van der Waals surface area contributed by atoms with Gasteiger partial charge in [0.25, 0.3) is 0 Å². The number of hydrogen-bond donors (Lipinski definition) is 7. The predicted octanol–water partition coefficient (Wildman–Crippen LogP) is 20.0. The van der Waals surface area contributed by atoms with E-state index in [1.165, 1.54) is 74.2 Å². The van der Waals surface area contributed by atoms with Crippen molar-refractivity contribution in [2.45, 2.75) is 217 Å². The summed E-state index contributed by atoms with van der Waals surface area (Å²) in [7, 11) is -24.3. The predicted molar refractivity (Wildman–Crippen MR) is 556 cm³/mol. The molecule has 7 aromatic rings. The number of aliphatic hydroxyl groups is 2. The molecule has 7 unspecified atom stereocenters. The van der Waals surface area contributed by atoms with E-state index in [0.717, 1.165) is 58.2 Å². The van der Waals surface area contributed by atoms with Crippen LogP contribution in [-0.4, -0.2) is 207 Å². The molecule has 28 nitrogen and oxygen atoms in total. The van der Waals surface area contributed by atoms with Gasteiger partial charge in [0.1, 0.15) is 40.1 Å². The van der Waals surface area contributed by atoms with Crippen LogP contribution in [0.2, 0.25) is 0 Å². The number of carbonyl (C=O) groups is 5. The Morgan fingerprint density at radius 1 is 0.347 bits per heavy atom. The average Bonchev–Trinajstić information content (AvgIpc) is 0.743. The molecule has 11 atom stereocenters. The van der Waals surface area contributed by atoms with Crippen molar-refractivity contribution in [2.75, 3.05) is 63.5 Å². The first-order valence-corrected chi connectivity index (χ1v) is 60.2. The number of aliphatic hydroxyl groups excluding tert-OH is 2. The van der Waals surface area contributed by atoms with Crippen molar-refractivity contribution in [2.24, 2.45) is 11.8 Å². The maximum absolute atomic E-state index is 13.3. The van der Waals surface area contributed by atoms with E-state index in [1.807, 2.05) is 158 Å². The molecular formula is C103H139F6NO27S7. The van der Waals surface area contributed by atoms with Crippen LogP contribution in [0.4, 0.5) is 26.3 Å². The Labute approximate surface area is 845 Å². The van der Waals surface area contributed by atoms with E-state index in [1.54, 1.807) is 84.9 Å². The number of fused-ring (bicyclic) bond motifs is 7. The molecule has 41 heteroatoms. The molecule has 144 heavy (non-hydrogen) atoms. The van der Waals surface area contributed by atoms with E-state index in [9.17, 15) is 114 Å². The number of halogens is 6. The minimum absolute atomic E-state index is 0.0245. The summed E-state index contributed by atoms with van der Waals surface area (Å²) in [6.45, 7) is 28.9. The lowest BCUT2D eigenvalue weighted by molar-refractivity contribution is -0.170. The number of para-hydroxylation sites is 2. The second-order valence-corrected chi connectivity index (χ2v) is 47.3. The van der Waals surface area contributed by atoms with Gasteiger partial charge < -0.3 is 45.4 Å². The maximum Gasteiger partial charge on any atom is 0.397 e. The molecule has 802 valence electrons. The largest absolute Gasteiger partial charge is 0.490 e. The maximum atomic E-state index is 13.3. The highest BCUT2D eigenvalue weighted by atomic mass is 32.2. The molecule has 0 saturated heterocycles. The monoisotopic (exact) mass is 2160 g/mol. The highest BCUT2D eigenvalue weighted by molar-refractivity contribution is 7.92. The number of carboxylic acids is 4. The Morgan fingerprint density at radius 2 is 0.653 bits per heavy atom. The summed E-state index contributed by atoms with van der Waals surface area (Å²) in [5, 5.41) is 49.7. The normalized spacial score (nSPS) is 19.5. The van der Waals surface area contributed by atoms with E-state index < -0.39 is 172 Å². The molecule has 2 aliphatic heterocycles. The minimum atomic E-state index is -4.98. The Hall–Kier alpha value is -10.7. The van der Waals surface area contributed by atoms with Crippen LogP contribution in [0.15, 0.2) is 198 Å². The summed E-state index contributed by atoms with van der Waals surface area (Å²) in [5.41, 5.74) is 7.34. The quantitative estimate of drug-likeness (QED) is 0.0392. The Bertz CT molecular complexity index is 6450. The smallest absolute Gasteiger partial charge is 0.397 e. The third kappa shape index (κ3) is 39.3. The van der Waals surface area contributed by atoms with Gasteiger partial charge in [0, 0.05) is 99.6 Å². The third-order valence-electron chi connectivity index (χ3n) is 21.8. The number of ether oxygens (including phenoxy) is 2. The van der Waals surface area contributed by atoms with Gasteiger partial charge in [0.2, 0.25) is 5.91 Å². The van der Waals surface area contributed by atoms with Crippen LogP contribution in [-0.2, 0) is 92.8 Å². The zero-order valence-corrected chi connectivity index (χ0v) is 90.8. The highest BCUT2D eigenvalue weighted by Gasteiger charge is 2.56. The molecular weight excluding hydrogens is 2020 g/mol. The van der Waals surface area contributed by atoms with Crippen LogP contribution in [0.25, 0.3) is 30.4 Å². The Kier molecular flexibility index (Phi) is 54.6. The second-order valence-electron chi connectivity index (χ2n) is 31.9. The van der Waals surface area contributed by atoms with Crippen LogP contribution >= 0.6 is 0 Å². The van der Waals surface area contributed by atoms with Crippen molar-refractivity contribution in [3.05, 3.63) is 264 Å². The van der Waals surface area contributed by atoms with Gasteiger partial charge in [-0.1, -0.05) is 273 Å². The van der Waals surface area contributed by atoms with Gasteiger partial charge in [0.15, 0.2) is 68.9 Å². The number of aliphatic carboxylic acids is 4. The van der Waals surface area contributed by atoms with Crippen molar-refractivity contribution in [1.29, 1.82) is 0 Å². The number of hydrogen-bond acceptors (Lipinski definition) is 23. The van der Waals surface area contributed by atoms with Crippen LogP contribution in [0, 0.1) is 11.8 Å². The van der Waals surface area contributed by atoms with Crippen molar-refractivity contribution >= 4 is 129 Å². The average molecular weight is 2160 g/mol. The number of sulfone groups is 7. The number of benzene rings is 7. The van der Waals surface area contributed by atoms with E-state index in [-0.39, 0.29) is 72.1 Å². The summed E-state index contributed by atoms with van der Waals surface area (Å²) in [4.78, 5) is 54.4. The van der Waals surface area contributed by atoms with Gasteiger partial charge in [0.05, 0.1) is 57.4 Å².